The maximum absolute atomic E-state index is 14.7. The lowest BCUT2D eigenvalue weighted by Gasteiger charge is -2.38. The largest absolute Gasteiger partial charge is 0.488 e. The van der Waals surface area contributed by atoms with Gasteiger partial charge in [0.05, 0.1) is 18.1 Å². The van der Waals surface area contributed by atoms with Crippen LogP contribution in [0.4, 0.5) is 13.2 Å². The molecule has 1 atom stereocenters. The van der Waals surface area contributed by atoms with Crippen molar-refractivity contribution >= 4 is 17.5 Å². The molecule has 7 heteroatoms. The first-order valence-electron chi connectivity index (χ1n) is 8.73. The minimum Gasteiger partial charge on any atom is -0.488 e. The summed E-state index contributed by atoms with van der Waals surface area (Å²) in [4.78, 5) is 13.2. The Hall–Kier alpha value is -2.21. The highest BCUT2D eigenvalue weighted by Gasteiger charge is 2.46. The Balaban J connectivity index is 1.61. The SMILES string of the molecule is CCC1Cc2cc(-c3ccc(C(=O)N4CC(F)(F)C4)cc3F)cc(Cl)c2O1. The molecular formula is C20H17ClF3NO2. The van der Waals surface area contributed by atoms with Gasteiger partial charge in [-0.3, -0.25) is 4.79 Å². The highest BCUT2D eigenvalue weighted by Crippen LogP contribution is 2.40. The number of carbonyl (C=O) groups is 1. The Morgan fingerprint density at radius 1 is 1.30 bits per heavy atom. The van der Waals surface area contributed by atoms with Gasteiger partial charge in [0.25, 0.3) is 11.8 Å². The zero-order chi connectivity index (χ0) is 19.3. The molecular weight excluding hydrogens is 379 g/mol. The molecule has 1 saturated heterocycles. The molecule has 2 aliphatic rings. The van der Waals surface area contributed by atoms with E-state index in [9.17, 15) is 18.0 Å². The predicted molar refractivity (Wildman–Crippen MR) is 96.1 cm³/mol. The average Bonchev–Trinajstić information content (AvgIpc) is 3.02. The fourth-order valence-electron chi connectivity index (χ4n) is 3.49. The van der Waals surface area contributed by atoms with Gasteiger partial charge in [-0.1, -0.05) is 24.6 Å². The minimum absolute atomic E-state index is 0.0494. The first-order chi connectivity index (χ1) is 12.8. The number of rotatable bonds is 3. The van der Waals surface area contributed by atoms with Gasteiger partial charge in [-0.25, -0.2) is 13.2 Å². The quantitative estimate of drug-likeness (QED) is 0.735. The molecule has 2 aromatic rings. The van der Waals surface area contributed by atoms with E-state index in [2.05, 4.69) is 0 Å². The summed E-state index contributed by atoms with van der Waals surface area (Å²) < 4.78 is 46.3. The Morgan fingerprint density at radius 2 is 2.04 bits per heavy atom. The van der Waals surface area contributed by atoms with Crippen LogP contribution >= 0.6 is 11.6 Å². The fourth-order valence-corrected chi connectivity index (χ4v) is 3.77. The number of halogens is 4. The minimum atomic E-state index is -2.85. The second-order valence-electron chi connectivity index (χ2n) is 7.01. The van der Waals surface area contributed by atoms with Crippen LogP contribution in [0, 0.1) is 5.82 Å². The van der Waals surface area contributed by atoms with Crippen LogP contribution < -0.4 is 4.74 Å². The molecule has 1 fully saturated rings. The molecule has 0 bridgehead atoms. The maximum Gasteiger partial charge on any atom is 0.282 e. The predicted octanol–water partition coefficient (Wildman–Crippen LogP) is 4.95. The van der Waals surface area contributed by atoms with Gasteiger partial charge in [-0.05, 0) is 41.8 Å². The summed E-state index contributed by atoms with van der Waals surface area (Å²) in [6.45, 7) is 0.761. The topological polar surface area (TPSA) is 29.5 Å². The van der Waals surface area contributed by atoms with Crippen molar-refractivity contribution < 1.29 is 22.7 Å². The van der Waals surface area contributed by atoms with E-state index < -0.39 is 30.7 Å². The van der Waals surface area contributed by atoms with Crippen LogP contribution in [0.1, 0.15) is 29.3 Å². The second kappa shape index (κ2) is 6.44. The molecule has 27 heavy (non-hydrogen) atoms. The molecule has 0 spiro atoms. The zero-order valence-corrected chi connectivity index (χ0v) is 15.3. The molecule has 0 radical (unpaired) electrons. The summed E-state index contributed by atoms with van der Waals surface area (Å²) in [5, 5.41) is 0.417. The van der Waals surface area contributed by atoms with Crippen molar-refractivity contribution in [1.82, 2.24) is 4.90 Å². The van der Waals surface area contributed by atoms with E-state index in [-0.39, 0.29) is 11.7 Å². The van der Waals surface area contributed by atoms with Gasteiger partial charge in [-0.2, -0.15) is 0 Å². The zero-order valence-electron chi connectivity index (χ0n) is 14.6. The van der Waals surface area contributed by atoms with Crippen LogP contribution in [0.2, 0.25) is 5.02 Å². The van der Waals surface area contributed by atoms with E-state index in [4.69, 9.17) is 16.3 Å². The molecule has 2 aromatic carbocycles. The Kier molecular flexibility index (Phi) is 4.34. The molecule has 2 aliphatic heterocycles. The van der Waals surface area contributed by atoms with Gasteiger partial charge < -0.3 is 9.64 Å². The van der Waals surface area contributed by atoms with Crippen molar-refractivity contribution in [3.8, 4) is 16.9 Å². The molecule has 1 unspecified atom stereocenters. The van der Waals surface area contributed by atoms with E-state index in [1.807, 2.05) is 13.0 Å². The normalized spacial score (nSPS) is 20.0. The summed E-state index contributed by atoms with van der Waals surface area (Å²) in [5.74, 6) is -3.42. The Labute approximate surface area is 159 Å². The van der Waals surface area contributed by atoms with E-state index in [0.29, 0.717) is 28.3 Å². The third kappa shape index (κ3) is 3.27. The molecule has 4 rings (SSSR count). The van der Waals surface area contributed by atoms with Gasteiger partial charge in [0.15, 0.2) is 0 Å². The number of alkyl halides is 2. The number of hydrogen-bond acceptors (Lipinski definition) is 2. The van der Waals surface area contributed by atoms with Crippen molar-refractivity contribution in [2.75, 3.05) is 13.1 Å². The van der Waals surface area contributed by atoms with E-state index >= 15 is 0 Å². The van der Waals surface area contributed by atoms with Crippen molar-refractivity contribution in [2.24, 2.45) is 0 Å². The second-order valence-corrected chi connectivity index (χ2v) is 7.42. The van der Waals surface area contributed by atoms with Crippen LogP contribution in [0.3, 0.4) is 0 Å². The van der Waals surface area contributed by atoms with E-state index in [1.165, 1.54) is 12.1 Å². The number of carbonyl (C=O) groups excluding carboxylic acids is 1. The van der Waals surface area contributed by atoms with Crippen molar-refractivity contribution in [2.45, 2.75) is 31.8 Å². The first kappa shape index (κ1) is 18.2. The smallest absolute Gasteiger partial charge is 0.282 e. The number of likely N-dealkylation sites (tertiary alicyclic amines) is 1. The van der Waals surface area contributed by atoms with Crippen LogP contribution in [-0.2, 0) is 6.42 Å². The van der Waals surface area contributed by atoms with Crippen LogP contribution in [0.25, 0.3) is 11.1 Å². The van der Waals surface area contributed by atoms with Gasteiger partial charge in [-0.15, -0.1) is 0 Å². The van der Waals surface area contributed by atoms with Gasteiger partial charge in [0.2, 0.25) is 0 Å². The third-order valence-electron chi connectivity index (χ3n) is 4.97. The van der Waals surface area contributed by atoms with Crippen molar-refractivity contribution in [1.29, 1.82) is 0 Å². The third-order valence-corrected chi connectivity index (χ3v) is 5.25. The lowest BCUT2D eigenvalue weighted by Crippen LogP contribution is -2.58. The molecule has 0 aromatic heterocycles. The van der Waals surface area contributed by atoms with Gasteiger partial charge >= 0.3 is 0 Å². The Morgan fingerprint density at radius 3 is 2.67 bits per heavy atom. The number of fused-ring (bicyclic) bond motifs is 1. The maximum atomic E-state index is 14.7. The summed E-state index contributed by atoms with van der Waals surface area (Å²) in [6, 6.07) is 7.48. The van der Waals surface area contributed by atoms with Crippen molar-refractivity contribution in [3.05, 3.63) is 52.3 Å². The van der Waals surface area contributed by atoms with E-state index in [1.54, 1.807) is 6.07 Å². The van der Waals surface area contributed by atoms with Crippen LogP contribution in [0.15, 0.2) is 30.3 Å². The Bertz CT molecular complexity index is 924. The molecule has 142 valence electrons. The van der Waals surface area contributed by atoms with Crippen molar-refractivity contribution in [3.63, 3.8) is 0 Å². The lowest BCUT2D eigenvalue weighted by molar-refractivity contribution is -0.113. The van der Waals surface area contributed by atoms with E-state index in [0.717, 1.165) is 23.0 Å². The number of amides is 1. The molecule has 0 saturated carbocycles. The number of nitrogens with zero attached hydrogens (tertiary/aromatic N) is 1. The van der Waals surface area contributed by atoms with Gasteiger partial charge in [0, 0.05) is 17.5 Å². The van der Waals surface area contributed by atoms with Crippen LogP contribution in [-0.4, -0.2) is 35.9 Å². The van der Waals surface area contributed by atoms with Gasteiger partial charge in [0.1, 0.15) is 17.7 Å². The lowest BCUT2D eigenvalue weighted by atomic mass is 9.98. The summed E-state index contributed by atoms with van der Waals surface area (Å²) in [5.41, 5.74) is 1.86. The molecule has 2 heterocycles. The highest BCUT2D eigenvalue weighted by molar-refractivity contribution is 6.32. The molecule has 3 nitrogen and oxygen atoms in total. The summed E-state index contributed by atoms with van der Waals surface area (Å²) in [7, 11) is 0. The number of benzene rings is 2. The highest BCUT2D eigenvalue weighted by atomic mass is 35.5. The molecule has 0 N–H and O–H groups in total. The monoisotopic (exact) mass is 395 g/mol. The first-order valence-corrected chi connectivity index (χ1v) is 9.11. The standard InChI is InChI=1S/C20H17ClF3NO2/c1-2-14-6-13-5-12(7-16(21)18(13)27-14)15-4-3-11(8-17(15)22)19(26)25-9-20(23,24)10-25/h3-5,7-8,14H,2,6,9-10H2,1H3. The summed E-state index contributed by atoms with van der Waals surface area (Å²) in [6.07, 6.45) is 1.62. The van der Waals surface area contributed by atoms with Crippen LogP contribution in [0.5, 0.6) is 5.75 Å². The number of hydrogen-bond donors (Lipinski definition) is 0. The fraction of sp³-hybridized carbons (Fsp3) is 0.350. The number of ether oxygens (including phenoxy) is 1. The average molecular weight is 396 g/mol. The molecule has 1 amide bonds. The molecule has 0 aliphatic carbocycles. The summed E-state index contributed by atoms with van der Waals surface area (Å²) >= 11 is 6.30.